The number of methoxy groups -OCH3 is 2. The highest BCUT2D eigenvalue weighted by atomic mass is 16.5. The van der Waals surface area contributed by atoms with E-state index in [2.05, 4.69) is 49.9 Å². The van der Waals surface area contributed by atoms with Crippen molar-refractivity contribution < 1.29 is 28.7 Å². The van der Waals surface area contributed by atoms with Crippen LogP contribution in [-0.2, 0) is 19.1 Å². The Morgan fingerprint density at radius 3 is 1.58 bits per heavy atom. The zero-order valence-corrected chi connectivity index (χ0v) is 32.5. The number of carbonyl (C=O) groups excluding carboxylic acids is 4. The van der Waals surface area contributed by atoms with Gasteiger partial charge >= 0.3 is 12.2 Å². The molecule has 2 saturated heterocycles. The molecule has 2 aromatic heterocycles. The highest BCUT2D eigenvalue weighted by molar-refractivity contribution is 5.88. The summed E-state index contributed by atoms with van der Waals surface area (Å²) in [7, 11) is 2.57. The molecule has 2 aliphatic rings. The van der Waals surface area contributed by atoms with Crippen LogP contribution in [0.5, 0.6) is 0 Å². The van der Waals surface area contributed by atoms with E-state index in [1.165, 1.54) is 14.2 Å². The third-order valence-electron chi connectivity index (χ3n) is 10.8. The van der Waals surface area contributed by atoms with Gasteiger partial charge in [0.1, 0.15) is 23.7 Å². The molecule has 4 amide bonds. The minimum atomic E-state index is -0.880. The summed E-state index contributed by atoms with van der Waals surface area (Å²) in [5, 5.41) is 5.40. The fourth-order valence-corrected chi connectivity index (χ4v) is 7.77. The van der Waals surface area contributed by atoms with Crippen LogP contribution in [0.3, 0.4) is 0 Å². The van der Waals surface area contributed by atoms with Crippen molar-refractivity contribution in [1.82, 2.24) is 40.4 Å². The SMILES string of the molecule is COC(=O)NC(C(=O)N1CCC[C@H]1c1ncc(-c2ccc(-c3ccc(-c4cnc([C@@H]5CCCN5C(=O)[C@H](NC(=O)OC)c5ccccc5)[nH]4)cc3)cc2)[nH]1)C(C)C. The van der Waals surface area contributed by atoms with E-state index < -0.39 is 24.3 Å². The second-order valence-electron chi connectivity index (χ2n) is 14.7. The summed E-state index contributed by atoms with van der Waals surface area (Å²) < 4.78 is 9.58. The van der Waals surface area contributed by atoms with Crippen LogP contribution in [0.25, 0.3) is 33.6 Å². The lowest BCUT2D eigenvalue weighted by Crippen LogP contribution is -2.51. The zero-order valence-electron chi connectivity index (χ0n) is 32.5. The van der Waals surface area contributed by atoms with E-state index in [9.17, 15) is 19.2 Å². The highest BCUT2D eigenvalue weighted by Gasteiger charge is 2.38. The molecule has 5 aromatic rings. The number of hydrogen-bond acceptors (Lipinski definition) is 8. The van der Waals surface area contributed by atoms with Crippen LogP contribution in [-0.4, -0.2) is 87.1 Å². The van der Waals surface area contributed by atoms with Crippen molar-refractivity contribution in [1.29, 1.82) is 0 Å². The molecule has 0 radical (unpaired) electrons. The average molecular weight is 773 g/mol. The molecule has 4 N–H and O–H groups in total. The first-order chi connectivity index (χ1) is 27.6. The number of benzene rings is 3. The van der Waals surface area contributed by atoms with Gasteiger partial charge in [0.2, 0.25) is 5.91 Å². The van der Waals surface area contributed by atoms with Crippen LogP contribution in [0.4, 0.5) is 9.59 Å². The summed E-state index contributed by atoms with van der Waals surface area (Å²) in [6.07, 6.45) is 5.49. The Labute approximate surface area is 331 Å². The molecule has 4 heterocycles. The van der Waals surface area contributed by atoms with Crippen molar-refractivity contribution in [3.05, 3.63) is 108 Å². The summed E-state index contributed by atoms with van der Waals surface area (Å²) in [4.78, 5) is 71.4. The Morgan fingerprint density at radius 2 is 1.11 bits per heavy atom. The Bertz CT molecular complexity index is 2180. The monoisotopic (exact) mass is 772 g/mol. The maximum absolute atomic E-state index is 13.9. The van der Waals surface area contributed by atoms with Crippen molar-refractivity contribution in [3.8, 4) is 33.6 Å². The van der Waals surface area contributed by atoms with Gasteiger partial charge in [0.05, 0.1) is 50.1 Å². The molecule has 2 fully saturated rings. The lowest BCUT2D eigenvalue weighted by atomic mass is 10.0. The molecular formula is C43H48N8O6. The van der Waals surface area contributed by atoms with Gasteiger partial charge in [-0.05, 0) is 59.4 Å². The molecule has 2 aliphatic heterocycles. The predicted molar refractivity (Wildman–Crippen MR) is 213 cm³/mol. The van der Waals surface area contributed by atoms with Crippen LogP contribution in [0.15, 0.2) is 91.3 Å². The average Bonchev–Trinajstić information content (AvgIpc) is 4.09. The Balaban J connectivity index is 1.01. The summed E-state index contributed by atoms with van der Waals surface area (Å²) in [6, 6.07) is 23.6. The van der Waals surface area contributed by atoms with Gasteiger partial charge in [0.15, 0.2) is 0 Å². The number of carbonyl (C=O) groups is 4. The molecule has 0 saturated carbocycles. The lowest BCUT2D eigenvalue weighted by molar-refractivity contribution is -0.135. The normalized spacial score (nSPS) is 17.6. The van der Waals surface area contributed by atoms with E-state index in [0.29, 0.717) is 24.5 Å². The number of likely N-dealkylation sites (tertiary alicyclic amines) is 2. The maximum Gasteiger partial charge on any atom is 0.407 e. The van der Waals surface area contributed by atoms with Gasteiger partial charge in [-0.25, -0.2) is 19.6 Å². The smallest absolute Gasteiger partial charge is 0.407 e. The second-order valence-corrected chi connectivity index (χ2v) is 14.7. The van der Waals surface area contributed by atoms with Gasteiger partial charge in [-0.2, -0.15) is 0 Å². The first-order valence-electron chi connectivity index (χ1n) is 19.3. The Kier molecular flexibility index (Phi) is 11.7. The number of nitrogens with zero attached hydrogens (tertiary/aromatic N) is 4. The van der Waals surface area contributed by atoms with Gasteiger partial charge < -0.3 is 39.9 Å². The van der Waals surface area contributed by atoms with E-state index >= 15 is 0 Å². The standard InChI is InChI=1S/C43H48N8O6/c1-26(2)36(48-42(54)56-3)40(52)50-22-8-12-34(50)38-44-24-32(46-38)29-18-14-27(15-19-29)28-16-20-30(21-17-28)33-25-45-39(47-33)35-13-9-23-51(35)41(53)37(49-43(55)57-4)31-10-6-5-7-11-31/h5-7,10-11,14-21,24-26,34-37H,8-9,12-13,22-23H2,1-4H3,(H,44,46)(H,45,47)(H,48,54)(H,49,55)/t34-,35-,36?,37+/m0/s1. The van der Waals surface area contributed by atoms with E-state index in [0.717, 1.165) is 65.1 Å². The summed E-state index contributed by atoms with van der Waals surface area (Å²) >= 11 is 0. The first kappa shape index (κ1) is 38.8. The molecule has 1 unspecified atom stereocenters. The largest absolute Gasteiger partial charge is 0.453 e. The Hall–Kier alpha value is -6.44. The van der Waals surface area contributed by atoms with Crippen molar-refractivity contribution in [2.45, 2.75) is 63.7 Å². The third kappa shape index (κ3) is 8.39. The molecule has 4 atom stereocenters. The van der Waals surface area contributed by atoms with E-state index in [1.807, 2.05) is 68.4 Å². The molecule has 7 rings (SSSR count). The van der Waals surface area contributed by atoms with Gasteiger partial charge in [-0.1, -0.05) is 92.7 Å². The number of H-pyrrole nitrogens is 2. The van der Waals surface area contributed by atoms with Crippen molar-refractivity contribution in [2.24, 2.45) is 5.92 Å². The molecule has 14 heteroatoms. The van der Waals surface area contributed by atoms with Gasteiger partial charge in [0.25, 0.3) is 5.91 Å². The summed E-state index contributed by atoms with van der Waals surface area (Å²) in [6.45, 7) is 4.94. The second kappa shape index (κ2) is 17.1. The van der Waals surface area contributed by atoms with E-state index in [4.69, 9.17) is 14.5 Å². The number of amides is 4. The molecule has 0 bridgehead atoms. The lowest BCUT2D eigenvalue weighted by Gasteiger charge is -2.30. The number of ether oxygens (including phenoxy) is 2. The van der Waals surface area contributed by atoms with E-state index in [-0.39, 0.29) is 29.8 Å². The molecular weight excluding hydrogens is 725 g/mol. The van der Waals surface area contributed by atoms with Crippen LogP contribution < -0.4 is 10.6 Å². The molecule has 0 aliphatic carbocycles. The molecule has 14 nitrogen and oxygen atoms in total. The van der Waals surface area contributed by atoms with Crippen molar-refractivity contribution in [2.75, 3.05) is 27.3 Å². The predicted octanol–water partition coefficient (Wildman–Crippen LogP) is 6.94. The van der Waals surface area contributed by atoms with Gasteiger partial charge in [0, 0.05) is 13.1 Å². The number of imidazole rings is 2. The molecule has 57 heavy (non-hydrogen) atoms. The van der Waals surface area contributed by atoms with Crippen molar-refractivity contribution >= 4 is 24.0 Å². The number of hydrogen-bond donors (Lipinski definition) is 4. The van der Waals surface area contributed by atoms with Crippen LogP contribution in [0.1, 0.15) is 74.9 Å². The first-order valence-corrected chi connectivity index (χ1v) is 19.3. The minimum Gasteiger partial charge on any atom is -0.453 e. The molecule has 3 aromatic carbocycles. The fourth-order valence-electron chi connectivity index (χ4n) is 7.77. The fraction of sp³-hybridized carbons (Fsp3) is 0.349. The van der Waals surface area contributed by atoms with Gasteiger partial charge in [-0.15, -0.1) is 0 Å². The third-order valence-corrected chi connectivity index (χ3v) is 10.8. The maximum atomic E-state index is 13.9. The van der Waals surface area contributed by atoms with Crippen LogP contribution >= 0.6 is 0 Å². The summed E-state index contributed by atoms with van der Waals surface area (Å²) in [5.74, 6) is 0.954. The summed E-state index contributed by atoms with van der Waals surface area (Å²) in [5.41, 5.74) is 6.41. The number of aromatic nitrogens is 4. The van der Waals surface area contributed by atoms with Crippen LogP contribution in [0, 0.1) is 5.92 Å². The number of aromatic amines is 2. The molecule has 296 valence electrons. The quantitative estimate of drug-likeness (QED) is 0.112. The Morgan fingerprint density at radius 1 is 0.649 bits per heavy atom. The van der Waals surface area contributed by atoms with E-state index in [1.54, 1.807) is 22.2 Å². The highest BCUT2D eigenvalue weighted by Crippen LogP contribution is 2.36. The number of alkyl carbamates (subject to hydrolysis) is 2. The van der Waals surface area contributed by atoms with Crippen molar-refractivity contribution in [3.63, 3.8) is 0 Å². The topological polar surface area (TPSA) is 175 Å². The minimum absolute atomic E-state index is 0.108. The van der Waals surface area contributed by atoms with Gasteiger partial charge in [-0.3, -0.25) is 9.59 Å². The number of nitrogens with one attached hydrogen (secondary N) is 4. The zero-order chi connectivity index (χ0) is 40.1. The van der Waals surface area contributed by atoms with Crippen LogP contribution in [0.2, 0.25) is 0 Å². The molecule has 0 spiro atoms. The number of rotatable bonds is 11.